The van der Waals surface area contributed by atoms with Crippen LogP contribution in [0.3, 0.4) is 0 Å². The van der Waals surface area contributed by atoms with E-state index >= 15 is 0 Å². The minimum absolute atomic E-state index is 0.187. The number of hydrogen-bond acceptors (Lipinski definition) is 3. The van der Waals surface area contributed by atoms with E-state index in [-0.39, 0.29) is 11.5 Å². The van der Waals surface area contributed by atoms with E-state index in [0.29, 0.717) is 10.6 Å². The summed E-state index contributed by atoms with van der Waals surface area (Å²) in [7, 11) is 0. The lowest BCUT2D eigenvalue weighted by molar-refractivity contribution is 0.0952. The number of carbonyl (C=O) groups excluding carboxylic acids is 1. The molecule has 0 radical (unpaired) electrons. The monoisotopic (exact) mass is 245 g/mol. The van der Waals surface area contributed by atoms with Crippen LogP contribution >= 0.6 is 11.6 Å². The summed E-state index contributed by atoms with van der Waals surface area (Å²) in [5.74, 6) is -1.02. The highest BCUT2D eigenvalue weighted by Gasteiger charge is 2.23. The minimum atomic E-state index is -0.863. The Hall–Kier alpha value is -2.05. The number of hydrogen-bond donors (Lipinski definition) is 0. The number of ketones is 1. The fourth-order valence-corrected chi connectivity index (χ4v) is 1.63. The van der Waals surface area contributed by atoms with Crippen molar-refractivity contribution in [2.75, 3.05) is 0 Å². The third-order valence-electron chi connectivity index (χ3n) is 2.36. The van der Waals surface area contributed by atoms with E-state index in [2.05, 4.69) is 0 Å². The molecule has 0 amide bonds. The van der Waals surface area contributed by atoms with Crippen molar-refractivity contribution < 1.29 is 9.21 Å². The van der Waals surface area contributed by atoms with Crippen LogP contribution in [0, 0.1) is 11.3 Å². The van der Waals surface area contributed by atoms with Crippen LogP contribution in [-0.4, -0.2) is 5.78 Å². The van der Waals surface area contributed by atoms with Gasteiger partial charge in [-0.1, -0.05) is 23.7 Å². The summed E-state index contributed by atoms with van der Waals surface area (Å²) in [6, 6.07) is 11.8. The molecule has 0 unspecified atom stereocenters. The Kier molecular flexibility index (Phi) is 3.27. The Morgan fingerprint density at radius 1 is 1.29 bits per heavy atom. The summed E-state index contributed by atoms with van der Waals surface area (Å²) in [6.07, 6.45) is 1.41. The molecule has 0 saturated heterocycles. The fourth-order valence-electron chi connectivity index (χ4n) is 1.50. The molecular formula is C13H8ClNO2. The van der Waals surface area contributed by atoms with Crippen LogP contribution in [0.2, 0.25) is 5.02 Å². The molecule has 1 atom stereocenters. The topological polar surface area (TPSA) is 54.0 Å². The molecule has 1 aromatic heterocycles. The van der Waals surface area contributed by atoms with Gasteiger partial charge in [-0.25, -0.2) is 0 Å². The van der Waals surface area contributed by atoms with E-state index in [9.17, 15) is 4.79 Å². The maximum absolute atomic E-state index is 12.0. The fraction of sp³-hybridized carbons (Fsp3) is 0.0769. The molecule has 0 bridgehead atoms. The average molecular weight is 246 g/mol. The summed E-state index contributed by atoms with van der Waals surface area (Å²) in [6.45, 7) is 0. The number of nitriles is 1. The van der Waals surface area contributed by atoms with Crippen molar-refractivity contribution in [2.45, 2.75) is 5.92 Å². The Balaban J connectivity index is 2.32. The molecule has 3 nitrogen and oxygen atoms in total. The first-order chi connectivity index (χ1) is 8.22. The van der Waals surface area contributed by atoms with Crippen LogP contribution < -0.4 is 0 Å². The molecule has 0 saturated carbocycles. The molecule has 0 spiro atoms. The van der Waals surface area contributed by atoms with E-state index in [0.717, 1.165) is 0 Å². The summed E-state index contributed by atoms with van der Waals surface area (Å²) < 4.78 is 5.00. The molecule has 0 aliphatic heterocycles. The lowest BCUT2D eigenvalue weighted by atomic mass is 9.95. The molecule has 0 aliphatic rings. The predicted octanol–water partition coefficient (Wildman–Crippen LogP) is 3.42. The van der Waals surface area contributed by atoms with Gasteiger partial charge < -0.3 is 4.42 Å². The SMILES string of the molecule is N#C[C@H](C(=O)c1ccco1)c1ccc(Cl)cc1. The van der Waals surface area contributed by atoms with Gasteiger partial charge in [-0.3, -0.25) is 4.79 Å². The molecule has 1 aromatic carbocycles. The number of benzene rings is 1. The summed E-state index contributed by atoms with van der Waals surface area (Å²) in [5, 5.41) is 9.64. The first-order valence-corrected chi connectivity index (χ1v) is 5.33. The van der Waals surface area contributed by atoms with Crippen LogP contribution in [0.5, 0.6) is 0 Å². The molecule has 84 valence electrons. The molecule has 0 fully saturated rings. The van der Waals surface area contributed by atoms with Gasteiger partial charge in [0.2, 0.25) is 5.78 Å². The number of Topliss-reactive ketones (excluding diaryl/α,β-unsaturated/α-hetero) is 1. The van der Waals surface area contributed by atoms with Gasteiger partial charge in [0.1, 0.15) is 5.92 Å². The van der Waals surface area contributed by atoms with Crippen molar-refractivity contribution in [1.82, 2.24) is 0 Å². The van der Waals surface area contributed by atoms with Gasteiger partial charge in [0.15, 0.2) is 5.76 Å². The maximum Gasteiger partial charge on any atom is 0.219 e. The van der Waals surface area contributed by atoms with Crippen LogP contribution in [-0.2, 0) is 0 Å². The number of halogens is 1. The van der Waals surface area contributed by atoms with Gasteiger partial charge in [0.05, 0.1) is 12.3 Å². The second kappa shape index (κ2) is 4.86. The van der Waals surface area contributed by atoms with E-state index < -0.39 is 5.92 Å². The third kappa shape index (κ3) is 2.38. The number of carbonyl (C=O) groups is 1. The summed E-state index contributed by atoms with van der Waals surface area (Å²) in [5.41, 5.74) is 0.610. The lowest BCUT2D eigenvalue weighted by Gasteiger charge is -2.06. The van der Waals surface area contributed by atoms with E-state index in [4.69, 9.17) is 21.3 Å². The molecule has 0 aliphatic carbocycles. The van der Waals surface area contributed by atoms with Gasteiger partial charge in [-0.05, 0) is 29.8 Å². The van der Waals surface area contributed by atoms with Crippen LogP contribution in [0.15, 0.2) is 47.1 Å². The summed E-state index contributed by atoms with van der Waals surface area (Å²) in [4.78, 5) is 12.0. The smallest absolute Gasteiger partial charge is 0.219 e. The number of rotatable bonds is 3. The second-order valence-electron chi connectivity index (χ2n) is 3.46. The zero-order valence-corrected chi connectivity index (χ0v) is 9.52. The van der Waals surface area contributed by atoms with Crippen molar-refractivity contribution in [3.8, 4) is 6.07 Å². The van der Waals surface area contributed by atoms with Gasteiger partial charge >= 0.3 is 0 Å². The molecule has 0 N–H and O–H groups in total. The number of nitrogens with zero attached hydrogens (tertiary/aromatic N) is 1. The van der Waals surface area contributed by atoms with Gasteiger partial charge in [-0.2, -0.15) is 5.26 Å². The number of furan rings is 1. The zero-order chi connectivity index (χ0) is 12.3. The molecule has 2 rings (SSSR count). The Bertz CT molecular complexity index is 552. The van der Waals surface area contributed by atoms with Crippen LogP contribution in [0.4, 0.5) is 0 Å². The highest BCUT2D eigenvalue weighted by molar-refractivity contribution is 6.30. The third-order valence-corrected chi connectivity index (χ3v) is 2.61. The molecular weight excluding hydrogens is 238 g/mol. The summed E-state index contributed by atoms with van der Waals surface area (Å²) >= 11 is 5.75. The lowest BCUT2D eigenvalue weighted by Crippen LogP contribution is -2.10. The highest BCUT2D eigenvalue weighted by atomic mass is 35.5. The highest BCUT2D eigenvalue weighted by Crippen LogP contribution is 2.22. The zero-order valence-electron chi connectivity index (χ0n) is 8.76. The Morgan fingerprint density at radius 2 is 2.00 bits per heavy atom. The Morgan fingerprint density at radius 3 is 2.53 bits per heavy atom. The van der Waals surface area contributed by atoms with Crippen LogP contribution in [0.1, 0.15) is 22.0 Å². The normalized spacial score (nSPS) is 11.8. The average Bonchev–Trinajstić information content (AvgIpc) is 2.86. The first kappa shape index (κ1) is 11.4. The Labute approximate surface area is 103 Å². The van der Waals surface area contributed by atoms with E-state index in [1.165, 1.54) is 6.26 Å². The van der Waals surface area contributed by atoms with Gasteiger partial charge in [0.25, 0.3) is 0 Å². The van der Waals surface area contributed by atoms with Crippen LogP contribution in [0.25, 0.3) is 0 Å². The van der Waals surface area contributed by atoms with Crippen molar-refractivity contribution in [3.63, 3.8) is 0 Å². The van der Waals surface area contributed by atoms with Crippen molar-refractivity contribution in [1.29, 1.82) is 5.26 Å². The standard InChI is InChI=1S/C13H8ClNO2/c14-10-5-3-9(4-6-10)11(8-15)13(16)12-2-1-7-17-12/h1-7,11H/t11-/m0/s1. The predicted molar refractivity (Wildman–Crippen MR) is 62.8 cm³/mol. The van der Waals surface area contributed by atoms with E-state index in [1.807, 2.05) is 6.07 Å². The largest absolute Gasteiger partial charge is 0.461 e. The van der Waals surface area contributed by atoms with Gasteiger partial charge in [-0.15, -0.1) is 0 Å². The minimum Gasteiger partial charge on any atom is -0.461 e. The quantitative estimate of drug-likeness (QED) is 0.779. The van der Waals surface area contributed by atoms with E-state index in [1.54, 1.807) is 36.4 Å². The second-order valence-corrected chi connectivity index (χ2v) is 3.89. The maximum atomic E-state index is 12.0. The molecule has 17 heavy (non-hydrogen) atoms. The van der Waals surface area contributed by atoms with Gasteiger partial charge in [0, 0.05) is 5.02 Å². The molecule has 4 heteroatoms. The van der Waals surface area contributed by atoms with Crippen molar-refractivity contribution >= 4 is 17.4 Å². The first-order valence-electron chi connectivity index (χ1n) is 4.95. The van der Waals surface area contributed by atoms with Crippen molar-refractivity contribution in [2.24, 2.45) is 0 Å². The van der Waals surface area contributed by atoms with Crippen molar-refractivity contribution in [3.05, 3.63) is 59.0 Å². The molecule has 2 aromatic rings. The molecule has 1 heterocycles.